The maximum Gasteiger partial charge on any atom is 0.191 e. The molecule has 0 aliphatic heterocycles. The topological polar surface area (TPSA) is 56.7 Å². The predicted molar refractivity (Wildman–Crippen MR) is 110 cm³/mol. The molecule has 2 rings (SSSR count). The number of fused-ring (bicyclic) bond motifs is 1. The predicted octanol–water partition coefficient (Wildman–Crippen LogP) is 3.08. The average molecular weight is 451 g/mol. The van der Waals surface area contributed by atoms with Gasteiger partial charge in [-0.25, -0.2) is 0 Å². The average Bonchev–Trinajstić information content (AvgIpc) is 2.94. The second-order valence-electron chi connectivity index (χ2n) is 4.58. The van der Waals surface area contributed by atoms with Crippen LogP contribution in [0.5, 0.6) is 0 Å². The Kier molecular flexibility index (Phi) is 9.15. The number of rotatable bonds is 6. The number of nitrogens with zero attached hydrogens (tertiary/aromatic N) is 1. The van der Waals surface area contributed by atoms with Gasteiger partial charge in [0.05, 0.1) is 0 Å². The van der Waals surface area contributed by atoms with Gasteiger partial charge in [0.2, 0.25) is 0 Å². The molecule has 0 saturated carbocycles. The number of nitrogens with one attached hydrogen (secondary N) is 2. The Bertz CT molecular complexity index is 570. The summed E-state index contributed by atoms with van der Waals surface area (Å²) in [6, 6.07) is 10.2. The van der Waals surface area contributed by atoms with E-state index in [0.29, 0.717) is 6.54 Å². The van der Waals surface area contributed by atoms with E-state index in [9.17, 15) is 5.11 Å². The van der Waals surface area contributed by atoms with Crippen molar-refractivity contribution in [2.75, 3.05) is 32.1 Å². The molecular weight excluding hydrogens is 429 g/mol. The Morgan fingerprint density at radius 3 is 2.82 bits per heavy atom. The van der Waals surface area contributed by atoms with Crippen molar-refractivity contribution in [1.82, 2.24) is 10.6 Å². The Morgan fingerprint density at radius 2 is 2.14 bits per heavy atom. The molecule has 0 amide bonds. The van der Waals surface area contributed by atoms with Crippen LogP contribution in [0.25, 0.3) is 10.1 Å². The van der Waals surface area contributed by atoms with Gasteiger partial charge in [-0.15, -0.1) is 35.3 Å². The highest BCUT2D eigenvalue weighted by atomic mass is 127. The molecule has 7 heteroatoms. The largest absolute Gasteiger partial charge is 0.386 e. The van der Waals surface area contributed by atoms with E-state index in [1.54, 1.807) is 30.1 Å². The lowest BCUT2D eigenvalue weighted by atomic mass is 10.2. The number of aliphatic hydroxyl groups excluding tert-OH is 1. The normalized spacial score (nSPS) is 12.8. The Hall–Kier alpha value is -0.510. The highest BCUT2D eigenvalue weighted by Gasteiger charge is 2.11. The molecule has 1 unspecified atom stereocenters. The van der Waals surface area contributed by atoms with Crippen LogP contribution in [0.4, 0.5) is 0 Å². The van der Waals surface area contributed by atoms with Crippen molar-refractivity contribution in [2.45, 2.75) is 6.10 Å². The SMILES string of the molecule is CN=C(NCCSC)NCC(O)c1cc2ccccc2s1.I. The molecule has 0 aliphatic rings. The third-order valence-corrected chi connectivity index (χ3v) is 4.89. The summed E-state index contributed by atoms with van der Waals surface area (Å²) in [6.45, 7) is 1.31. The molecule has 1 aromatic carbocycles. The minimum Gasteiger partial charge on any atom is -0.386 e. The number of aliphatic imine (C=N–C) groups is 1. The first-order chi connectivity index (χ1) is 10.2. The van der Waals surface area contributed by atoms with E-state index in [4.69, 9.17) is 0 Å². The molecule has 0 radical (unpaired) electrons. The summed E-state index contributed by atoms with van der Waals surface area (Å²) in [7, 11) is 1.74. The lowest BCUT2D eigenvalue weighted by Gasteiger charge is -2.14. The summed E-state index contributed by atoms with van der Waals surface area (Å²) in [6.07, 6.45) is 1.55. The Labute approximate surface area is 156 Å². The molecule has 0 fully saturated rings. The highest BCUT2D eigenvalue weighted by Crippen LogP contribution is 2.29. The Balaban J connectivity index is 0.00000242. The van der Waals surface area contributed by atoms with Crippen LogP contribution < -0.4 is 10.6 Å². The van der Waals surface area contributed by atoms with Crippen LogP contribution in [0, 0.1) is 0 Å². The molecule has 0 aliphatic carbocycles. The summed E-state index contributed by atoms with van der Waals surface area (Å²) in [5.41, 5.74) is 0. The van der Waals surface area contributed by atoms with Gasteiger partial charge < -0.3 is 15.7 Å². The highest BCUT2D eigenvalue weighted by molar-refractivity contribution is 14.0. The minimum atomic E-state index is -0.526. The number of hydrogen-bond donors (Lipinski definition) is 3. The zero-order chi connectivity index (χ0) is 15.1. The first kappa shape index (κ1) is 19.5. The van der Waals surface area contributed by atoms with Crippen molar-refractivity contribution in [3.63, 3.8) is 0 Å². The third-order valence-electron chi connectivity index (χ3n) is 3.06. The van der Waals surface area contributed by atoms with E-state index < -0.39 is 6.10 Å². The van der Waals surface area contributed by atoms with Crippen molar-refractivity contribution in [1.29, 1.82) is 0 Å². The van der Waals surface area contributed by atoms with Gasteiger partial charge in [-0.1, -0.05) is 18.2 Å². The van der Waals surface area contributed by atoms with Gasteiger partial charge in [-0.05, 0) is 23.8 Å². The smallest absolute Gasteiger partial charge is 0.191 e. The van der Waals surface area contributed by atoms with Crippen LogP contribution in [0.1, 0.15) is 11.0 Å². The van der Waals surface area contributed by atoms with Gasteiger partial charge in [0.15, 0.2) is 5.96 Å². The minimum absolute atomic E-state index is 0. The number of hydrogen-bond acceptors (Lipinski definition) is 4. The fourth-order valence-corrected chi connectivity index (χ4v) is 3.31. The summed E-state index contributed by atoms with van der Waals surface area (Å²) in [4.78, 5) is 5.12. The van der Waals surface area contributed by atoms with E-state index in [2.05, 4.69) is 40.1 Å². The van der Waals surface area contributed by atoms with E-state index in [1.807, 2.05) is 12.1 Å². The number of thioether (sulfide) groups is 1. The molecule has 4 nitrogen and oxygen atoms in total. The van der Waals surface area contributed by atoms with Gasteiger partial charge in [0, 0.05) is 35.5 Å². The first-order valence-electron chi connectivity index (χ1n) is 6.84. The summed E-state index contributed by atoms with van der Waals surface area (Å²) in [5, 5.41) is 17.8. The standard InChI is InChI=1S/C15H21N3OS2.HI/c1-16-15(17-7-8-20-2)18-10-12(19)14-9-11-5-3-4-6-13(11)21-14;/h3-6,9,12,19H,7-8,10H2,1-2H3,(H2,16,17,18);1H. The number of aliphatic hydroxyl groups is 1. The Morgan fingerprint density at radius 1 is 1.36 bits per heavy atom. The molecule has 22 heavy (non-hydrogen) atoms. The maximum absolute atomic E-state index is 10.3. The summed E-state index contributed by atoms with van der Waals surface area (Å²) in [5.74, 6) is 1.75. The van der Waals surface area contributed by atoms with Crippen molar-refractivity contribution in [2.24, 2.45) is 4.99 Å². The number of halogens is 1. The second-order valence-corrected chi connectivity index (χ2v) is 6.68. The summed E-state index contributed by atoms with van der Waals surface area (Å²) < 4.78 is 1.20. The van der Waals surface area contributed by atoms with Crippen molar-refractivity contribution in [3.8, 4) is 0 Å². The monoisotopic (exact) mass is 451 g/mol. The van der Waals surface area contributed by atoms with Crippen LogP contribution in [0.2, 0.25) is 0 Å². The van der Waals surface area contributed by atoms with Crippen molar-refractivity contribution >= 4 is 63.1 Å². The molecule has 0 saturated heterocycles. The number of benzene rings is 1. The quantitative estimate of drug-likeness (QED) is 0.274. The van der Waals surface area contributed by atoms with Crippen LogP contribution in [0.15, 0.2) is 35.3 Å². The molecule has 0 spiro atoms. The molecule has 3 N–H and O–H groups in total. The van der Waals surface area contributed by atoms with E-state index in [-0.39, 0.29) is 24.0 Å². The second kappa shape index (κ2) is 10.3. The van der Waals surface area contributed by atoms with Gasteiger partial charge in [0.25, 0.3) is 0 Å². The zero-order valence-electron chi connectivity index (χ0n) is 12.7. The lowest BCUT2D eigenvalue weighted by molar-refractivity contribution is 0.184. The fraction of sp³-hybridized carbons (Fsp3) is 0.400. The van der Waals surface area contributed by atoms with Crippen LogP contribution in [-0.4, -0.2) is 43.2 Å². The zero-order valence-corrected chi connectivity index (χ0v) is 16.7. The molecule has 122 valence electrons. The van der Waals surface area contributed by atoms with E-state index >= 15 is 0 Å². The van der Waals surface area contributed by atoms with Crippen LogP contribution in [-0.2, 0) is 0 Å². The molecule has 0 bridgehead atoms. The van der Waals surface area contributed by atoms with Gasteiger partial charge in [-0.2, -0.15) is 11.8 Å². The van der Waals surface area contributed by atoms with Gasteiger partial charge >= 0.3 is 0 Å². The molecular formula is C15H22IN3OS2. The fourth-order valence-electron chi connectivity index (χ4n) is 1.95. The summed E-state index contributed by atoms with van der Waals surface area (Å²) >= 11 is 3.42. The van der Waals surface area contributed by atoms with Crippen molar-refractivity contribution < 1.29 is 5.11 Å². The van der Waals surface area contributed by atoms with Crippen LogP contribution in [0.3, 0.4) is 0 Å². The molecule has 1 atom stereocenters. The number of thiophene rings is 1. The molecule has 2 aromatic rings. The first-order valence-corrected chi connectivity index (χ1v) is 9.05. The van der Waals surface area contributed by atoms with E-state index in [0.717, 1.165) is 23.1 Å². The van der Waals surface area contributed by atoms with Crippen molar-refractivity contribution in [3.05, 3.63) is 35.2 Å². The number of guanidine groups is 1. The van der Waals surface area contributed by atoms with Crippen LogP contribution >= 0.6 is 47.1 Å². The van der Waals surface area contributed by atoms with Gasteiger partial charge in [0.1, 0.15) is 6.10 Å². The lowest BCUT2D eigenvalue weighted by Crippen LogP contribution is -2.40. The van der Waals surface area contributed by atoms with Gasteiger partial charge in [-0.3, -0.25) is 4.99 Å². The van der Waals surface area contributed by atoms with E-state index in [1.165, 1.54) is 10.1 Å². The molecule has 1 heterocycles. The third kappa shape index (κ3) is 5.60. The maximum atomic E-state index is 10.3. The molecule has 1 aromatic heterocycles.